The molecule has 0 aliphatic carbocycles. The highest BCUT2D eigenvalue weighted by Crippen LogP contribution is 2.23. The van der Waals surface area contributed by atoms with Gasteiger partial charge in [0, 0.05) is 17.0 Å². The van der Waals surface area contributed by atoms with Crippen LogP contribution in [0.1, 0.15) is 38.8 Å². The molecule has 29 heavy (non-hydrogen) atoms. The van der Waals surface area contributed by atoms with E-state index in [0.29, 0.717) is 30.2 Å². The Morgan fingerprint density at radius 2 is 1.52 bits per heavy atom. The zero-order valence-corrected chi connectivity index (χ0v) is 18.0. The molecule has 0 fully saturated rings. The first-order valence-corrected chi connectivity index (χ1v) is 9.91. The molecule has 0 atom stereocenters. The molecule has 0 saturated carbocycles. The summed E-state index contributed by atoms with van der Waals surface area (Å²) < 4.78 is 5.49. The van der Waals surface area contributed by atoms with E-state index in [2.05, 4.69) is 5.32 Å². The summed E-state index contributed by atoms with van der Waals surface area (Å²) in [7, 11) is 0. The lowest BCUT2D eigenvalue weighted by molar-refractivity contribution is -0.152. The minimum Gasteiger partial charge on any atom is -0.478 e. The quantitative estimate of drug-likeness (QED) is 0.629. The fourth-order valence-corrected chi connectivity index (χ4v) is 2.94. The highest BCUT2D eigenvalue weighted by Gasteiger charge is 2.29. The Hall–Kier alpha value is -2.53. The largest absolute Gasteiger partial charge is 0.478 e. The average molecular weight is 418 g/mol. The summed E-state index contributed by atoms with van der Waals surface area (Å²) in [5, 5.41) is 12.8. The number of hydrogen-bond donors (Lipinski definition) is 2. The van der Waals surface area contributed by atoms with Gasteiger partial charge in [-0.15, -0.1) is 0 Å². The van der Waals surface area contributed by atoms with Gasteiger partial charge >= 0.3 is 5.97 Å². The summed E-state index contributed by atoms with van der Waals surface area (Å²) in [6.07, 6.45) is 1.30. The van der Waals surface area contributed by atoms with E-state index in [0.717, 1.165) is 11.1 Å². The molecule has 0 radical (unpaired) electrons. The van der Waals surface area contributed by atoms with Crippen molar-refractivity contribution in [1.82, 2.24) is 5.32 Å². The predicted octanol–water partition coefficient (Wildman–Crippen LogP) is 4.51. The van der Waals surface area contributed by atoms with Crippen LogP contribution in [0.15, 0.2) is 48.5 Å². The smallest absolute Gasteiger partial charge is 0.347 e. The van der Waals surface area contributed by atoms with Crippen LogP contribution in [-0.2, 0) is 22.4 Å². The van der Waals surface area contributed by atoms with Crippen molar-refractivity contribution < 1.29 is 19.4 Å². The molecular formula is C23H28ClNO4. The number of amides is 1. The molecule has 2 N–H and O–H groups in total. The van der Waals surface area contributed by atoms with Crippen molar-refractivity contribution in [1.29, 1.82) is 0 Å². The van der Waals surface area contributed by atoms with Gasteiger partial charge in [-0.2, -0.15) is 0 Å². The zero-order chi connectivity index (χ0) is 21.7. The lowest BCUT2D eigenvalue weighted by atomic mass is 9.85. The first kappa shape index (κ1) is 22.8. The lowest BCUT2D eigenvalue weighted by Crippen LogP contribution is -2.39. The number of nitrogens with one attached hydrogen (secondary N) is 1. The van der Waals surface area contributed by atoms with Crippen LogP contribution in [0.5, 0.6) is 5.75 Å². The van der Waals surface area contributed by atoms with Crippen LogP contribution in [0.2, 0.25) is 5.02 Å². The number of rotatable bonds is 9. The van der Waals surface area contributed by atoms with Gasteiger partial charge < -0.3 is 15.2 Å². The van der Waals surface area contributed by atoms with Crippen molar-refractivity contribution in [3.05, 3.63) is 64.7 Å². The number of hydrogen-bond acceptors (Lipinski definition) is 3. The number of carboxylic acid groups (broad SMARTS) is 1. The van der Waals surface area contributed by atoms with Crippen LogP contribution in [0.25, 0.3) is 0 Å². The summed E-state index contributed by atoms with van der Waals surface area (Å²) in [5.41, 5.74) is 0.273. The van der Waals surface area contributed by atoms with Gasteiger partial charge in [-0.25, -0.2) is 4.79 Å². The molecular weight excluding hydrogens is 390 g/mol. The number of aliphatic carboxylic acids is 1. The van der Waals surface area contributed by atoms with Crippen molar-refractivity contribution >= 4 is 23.5 Å². The second kappa shape index (κ2) is 9.31. The SMILES string of the molecule is CC(C)(Cc1ccc(Cl)cc1)C(=O)NCCc1ccc(OC(C)(C)C(=O)O)cc1. The van der Waals surface area contributed by atoms with E-state index in [4.69, 9.17) is 21.4 Å². The molecule has 0 aliphatic rings. The summed E-state index contributed by atoms with van der Waals surface area (Å²) in [6.45, 7) is 7.37. The fraction of sp³-hybridized carbons (Fsp3) is 0.391. The Morgan fingerprint density at radius 3 is 2.07 bits per heavy atom. The number of benzene rings is 2. The molecule has 0 bridgehead atoms. The molecule has 2 aromatic rings. The van der Waals surface area contributed by atoms with E-state index in [1.807, 2.05) is 50.2 Å². The van der Waals surface area contributed by atoms with Gasteiger partial charge in [0.1, 0.15) is 5.75 Å². The first-order chi connectivity index (χ1) is 13.5. The number of ether oxygens (including phenoxy) is 1. The van der Waals surface area contributed by atoms with Crippen molar-refractivity contribution in [2.45, 2.75) is 46.1 Å². The second-order valence-corrected chi connectivity index (χ2v) is 8.69. The lowest BCUT2D eigenvalue weighted by Gasteiger charge is -2.24. The maximum Gasteiger partial charge on any atom is 0.347 e. The minimum absolute atomic E-state index is 0.00406. The van der Waals surface area contributed by atoms with E-state index < -0.39 is 17.0 Å². The van der Waals surface area contributed by atoms with Crippen LogP contribution < -0.4 is 10.1 Å². The van der Waals surface area contributed by atoms with Gasteiger partial charge in [0.15, 0.2) is 5.60 Å². The van der Waals surface area contributed by atoms with Crippen LogP contribution >= 0.6 is 11.6 Å². The molecule has 0 saturated heterocycles. The number of carbonyl (C=O) groups excluding carboxylic acids is 1. The van der Waals surface area contributed by atoms with E-state index in [1.165, 1.54) is 13.8 Å². The third kappa shape index (κ3) is 6.79. The molecule has 0 heterocycles. The Labute approximate surface area is 177 Å². The van der Waals surface area contributed by atoms with Gasteiger partial charge in [-0.3, -0.25) is 4.79 Å². The van der Waals surface area contributed by atoms with E-state index in [9.17, 15) is 9.59 Å². The summed E-state index contributed by atoms with van der Waals surface area (Å²) in [4.78, 5) is 23.7. The van der Waals surface area contributed by atoms with Crippen molar-refractivity contribution in [2.75, 3.05) is 6.54 Å². The molecule has 156 valence electrons. The Bertz CT molecular complexity index is 842. The van der Waals surface area contributed by atoms with E-state index in [1.54, 1.807) is 12.1 Å². The Kier molecular flexibility index (Phi) is 7.31. The normalized spacial score (nSPS) is 11.8. The van der Waals surface area contributed by atoms with Crippen molar-refractivity contribution in [3.8, 4) is 5.75 Å². The van der Waals surface area contributed by atoms with Crippen LogP contribution in [0.3, 0.4) is 0 Å². The maximum absolute atomic E-state index is 12.6. The molecule has 5 nitrogen and oxygen atoms in total. The third-order valence-corrected chi connectivity index (χ3v) is 4.94. The monoisotopic (exact) mass is 417 g/mol. The van der Waals surface area contributed by atoms with E-state index in [-0.39, 0.29) is 5.91 Å². The zero-order valence-electron chi connectivity index (χ0n) is 17.3. The van der Waals surface area contributed by atoms with Gasteiger partial charge in [-0.05, 0) is 62.1 Å². The molecule has 6 heteroatoms. The van der Waals surface area contributed by atoms with Gasteiger partial charge in [0.05, 0.1) is 0 Å². The number of halogens is 1. The van der Waals surface area contributed by atoms with Crippen molar-refractivity contribution in [2.24, 2.45) is 5.41 Å². The Balaban J connectivity index is 1.84. The van der Waals surface area contributed by atoms with Crippen LogP contribution in [0.4, 0.5) is 0 Å². The Morgan fingerprint density at radius 1 is 0.966 bits per heavy atom. The molecule has 1 amide bonds. The van der Waals surface area contributed by atoms with Crippen LogP contribution in [-0.4, -0.2) is 29.1 Å². The molecule has 0 aliphatic heterocycles. The van der Waals surface area contributed by atoms with Gasteiger partial charge in [0.2, 0.25) is 5.91 Å². The third-order valence-electron chi connectivity index (χ3n) is 4.68. The standard InChI is InChI=1S/C23H28ClNO4/c1-22(2,15-17-5-9-18(24)10-6-17)20(26)25-14-13-16-7-11-19(12-8-16)29-23(3,4)21(27)28/h5-12H,13-15H2,1-4H3,(H,25,26)(H,27,28). The topological polar surface area (TPSA) is 75.6 Å². The average Bonchev–Trinajstić information content (AvgIpc) is 2.64. The maximum atomic E-state index is 12.6. The van der Waals surface area contributed by atoms with Crippen LogP contribution in [0, 0.1) is 5.41 Å². The molecule has 0 spiro atoms. The molecule has 2 rings (SSSR count). The number of carboxylic acids is 1. The highest BCUT2D eigenvalue weighted by molar-refractivity contribution is 6.30. The summed E-state index contributed by atoms with van der Waals surface area (Å²) >= 11 is 5.91. The fourth-order valence-electron chi connectivity index (χ4n) is 2.81. The number of carbonyl (C=O) groups is 2. The second-order valence-electron chi connectivity index (χ2n) is 8.25. The predicted molar refractivity (Wildman–Crippen MR) is 114 cm³/mol. The van der Waals surface area contributed by atoms with Gasteiger partial charge in [-0.1, -0.05) is 49.7 Å². The summed E-state index contributed by atoms with van der Waals surface area (Å²) in [5.74, 6) is -0.532. The van der Waals surface area contributed by atoms with E-state index >= 15 is 0 Å². The minimum atomic E-state index is -1.29. The molecule has 2 aromatic carbocycles. The highest BCUT2D eigenvalue weighted by atomic mass is 35.5. The first-order valence-electron chi connectivity index (χ1n) is 9.54. The molecule has 0 aromatic heterocycles. The van der Waals surface area contributed by atoms with Gasteiger partial charge in [0.25, 0.3) is 0 Å². The molecule has 0 unspecified atom stereocenters. The summed E-state index contributed by atoms with van der Waals surface area (Å²) in [6, 6.07) is 14.8. The van der Waals surface area contributed by atoms with Crippen molar-refractivity contribution in [3.63, 3.8) is 0 Å².